The summed E-state index contributed by atoms with van der Waals surface area (Å²) in [5.74, 6) is -0.403. The zero-order chi connectivity index (χ0) is 19.1. The van der Waals surface area contributed by atoms with Gasteiger partial charge in [-0.25, -0.2) is 0 Å². The van der Waals surface area contributed by atoms with Crippen LogP contribution in [-0.2, 0) is 14.3 Å². The summed E-state index contributed by atoms with van der Waals surface area (Å²) in [5.41, 5.74) is 1.47. The Morgan fingerprint density at radius 3 is 2.46 bits per heavy atom. The van der Waals surface area contributed by atoms with Crippen LogP contribution in [0.2, 0.25) is 5.02 Å². The SMILES string of the molecule is COc1ccc(Cl)cc1NC(=O)[C@@H](C)OC(=O)C[C@H](C)c1ccccc1. The van der Waals surface area contributed by atoms with Gasteiger partial charge in [-0.3, -0.25) is 9.59 Å². The van der Waals surface area contributed by atoms with Crippen molar-refractivity contribution in [2.45, 2.75) is 32.3 Å². The molecule has 0 saturated heterocycles. The van der Waals surface area contributed by atoms with Crippen molar-refractivity contribution in [2.75, 3.05) is 12.4 Å². The quantitative estimate of drug-likeness (QED) is 0.728. The molecule has 0 spiro atoms. The average Bonchev–Trinajstić information content (AvgIpc) is 2.62. The summed E-state index contributed by atoms with van der Waals surface area (Å²) >= 11 is 5.94. The van der Waals surface area contributed by atoms with E-state index in [9.17, 15) is 9.59 Å². The van der Waals surface area contributed by atoms with Crippen molar-refractivity contribution >= 4 is 29.2 Å². The molecule has 2 aromatic carbocycles. The fourth-order valence-corrected chi connectivity index (χ4v) is 2.63. The number of carbonyl (C=O) groups is 2. The highest BCUT2D eigenvalue weighted by atomic mass is 35.5. The number of hydrogen-bond acceptors (Lipinski definition) is 4. The van der Waals surface area contributed by atoms with Gasteiger partial charge in [0.25, 0.3) is 5.91 Å². The maximum absolute atomic E-state index is 12.3. The number of hydrogen-bond donors (Lipinski definition) is 1. The van der Waals surface area contributed by atoms with E-state index in [1.165, 1.54) is 14.0 Å². The third-order valence-electron chi connectivity index (χ3n) is 3.94. The number of carbonyl (C=O) groups excluding carboxylic acids is 2. The van der Waals surface area contributed by atoms with Crippen molar-refractivity contribution in [3.05, 3.63) is 59.1 Å². The van der Waals surface area contributed by atoms with Crippen LogP contribution in [0, 0.1) is 0 Å². The maximum atomic E-state index is 12.3. The highest BCUT2D eigenvalue weighted by Crippen LogP contribution is 2.28. The summed E-state index contributed by atoms with van der Waals surface area (Å²) in [4.78, 5) is 24.4. The Morgan fingerprint density at radius 1 is 1.12 bits per heavy atom. The smallest absolute Gasteiger partial charge is 0.307 e. The Bertz CT molecular complexity index is 764. The third-order valence-corrected chi connectivity index (χ3v) is 4.17. The number of rotatable bonds is 7. The van der Waals surface area contributed by atoms with Crippen LogP contribution in [0.25, 0.3) is 0 Å². The summed E-state index contributed by atoms with van der Waals surface area (Å²) in [6, 6.07) is 14.6. The van der Waals surface area contributed by atoms with Gasteiger partial charge in [-0.15, -0.1) is 0 Å². The maximum Gasteiger partial charge on any atom is 0.307 e. The number of ether oxygens (including phenoxy) is 2. The summed E-state index contributed by atoms with van der Waals surface area (Å²) in [5, 5.41) is 3.13. The molecule has 0 fully saturated rings. The minimum atomic E-state index is -0.936. The Hall–Kier alpha value is -2.53. The molecule has 0 aromatic heterocycles. The van der Waals surface area contributed by atoms with Crippen molar-refractivity contribution in [3.8, 4) is 5.75 Å². The highest BCUT2D eigenvalue weighted by molar-refractivity contribution is 6.31. The fraction of sp³-hybridized carbons (Fsp3) is 0.300. The standard InChI is InChI=1S/C20H22ClNO4/c1-13(15-7-5-4-6-8-15)11-19(23)26-14(2)20(24)22-17-12-16(21)9-10-18(17)25-3/h4-10,12-14H,11H2,1-3H3,(H,22,24)/t13-,14+/m0/s1. The first-order valence-corrected chi connectivity index (χ1v) is 8.67. The molecule has 138 valence electrons. The number of halogens is 1. The van der Waals surface area contributed by atoms with Crippen LogP contribution in [-0.4, -0.2) is 25.1 Å². The molecule has 1 amide bonds. The van der Waals surface area contributed by atoms with Gasteiger partial charge in [-0.1, -0.05) is 48.9 Å². The zero-order valence-electron chi connectivity index (χ0n) is 15.0. The predicted octanol–water partition coefficient (Wildman–Crippen LogP) is 4.41. The molecule has 2 aromatic rings. The molecule has 0 unspecified atom stereocenters. The molecule has 5 nitrogen and oxygen atoms in total. The number of esters is 1. The van der Waals surface area contributed by atoms with Gasteiger partial charge < -0.3 is 14.8 Å². The van der Waals surface area contributed by atoms with Crippen LogP contribution < -0.4 is 10.1 Å². The molecule has 26 heavy (non-hydrogen) atoms. The Balaban J connectivity index is 1.92. The van der Waals surface area contributed by atoms with E-state index in [-0.39, 0.29) is 12.3 Å². The van der Waals surface area contributed by atoms with Gasteiger partial charge in [0.2, 0.25) is 0 Å². The van der Waals surface area contributed by atoms with Gasteiger partial charge in [0.05, 0.1) is 19.2 Å². The van der Waals surface area contributed by atoms with E-state index in [0.29, 0.717) is 16.5 Å². The summed E-state index contributed by atoms with van der Waals surface area (Å²) < 4.78 is 10.4. The number of amides is 1. The second kappa shape index (κ2) is 9.25. The molecule has 0 saturated carbocycles. The van der Waals surface area contributed by atoms with E-state index in [2.05, 4.69) is 5.32 Å². The second-order valence-corrected chi connectivity index (χ2v) is 6.42. The Morgan fingerprint density at radius 2 is 1.81 bits per heavy atom. The Kier molecular flexibility index (Phi) is 7.04. The first-order valence-electron chi connectivity index (χ1n) is 8.29. The van der Waals surface area contributed by atoms with Crippen molar-refractivity contribution in [1.29, 1.82) is 0 Å². The van der Waals surface area contributed by atoms with E-state index >= 15 is 0 Å². The van der Waals surface area contributed by atoms with E-state index in [1.54, 1.807) is 18.2 Å². The number of anilines is 1. The normalized spacial score (nSPS) is 12.8. The van der Waals surface area contributed by atoms with Crippen LogP contribution in [0.3, 0.4) is 0 Å². The molecular formula is C20H22ClNO4. The molecule has 0 aliphatic carbocycles. The van der Waals surface area contributed by atoms with Gasteiger partial charge >= 0.3 is 5.97 Å². The molecular weight excluding hydrogens is 354 g/mol. The second-order valence-electron chi connectivity index (χ2n) is 5.98. The molecule has 0 aliphatic heterocycles. The minimum Gasteiger partial charge on any atom is -0.495 e. The van der Waals surface area contributed by atoms with Gasteiger partial charge in [-0.2, -0.15) is 0 Å². The monoisotopic (exact) mass is 375 g/mol. The molecule has 0 radical (unpaired) electrons. The summed E-state index contributed by atoms with van der Waals surface area (Å²) in [6.07, 6.45) is -0.739. The average molecular weight is 376 g/mol. The van der Waals surface area contributed by atoms with Gasteiger partial charge in [-0.05, 0) is 36.6 Å². The van der Waals surface area contributed by atoms with E-state index in [1.807, 2.05) is 37.3 Å². The molecule has 0 bridgehead atoms. The van der Waals surface area contributed by atoms with Crippen molar-refractivity contribution in [3.63, 3.8) is 0 Å². The topological polar surface area (TPSA) is 64.6 Å². The van der Waals surface area contributed by atoms with Crippen molar-refractivity contribution in [2.24, 2.45) is 0 Å². The number of benzene rings is 2. The van der Waals surface area contributed by atoms with Crippen molar-refractivity contribution < 1.29 is 19.1 Å². The third kappa shape index (κ3) is 5.49. The molecule has 0 heterocycles. The van der Waals surface area contributed by atoms with Gasteiger partial charge in [0.15, 0.2) is 6.10 Å². The van der Waals surface area contributed by atoms with Gasteiger partial charge in [0, 0.05) is 5.02 Å². The molecule has 1 N–H and O–H groups in total. The molecule has 6 heteroatoms. The molecule has 0 aliphatic rings. The zero-order valence-corrected chi connectivity index (χ0v) is 15.7. The highest BCUT2D eigenvalue weighted by Gasteiger charge is 2.21. The molecule has 2 atom stereocenters. The largest absolute Gasteiger partial charge is 0.495 e. The lowest BCUT2D eigenvalue weighted by molar-refractivity contribution is -0.153. The van der Waals surface area contributed by atoms with Crippen LogP contribution in [0.5, 0.6) is 5.75 Å². The number of nitrogens with one attached hydrogen (secondary N) is 1. The first kappa shape index (κ1) is 19.8. The summed E-state index contributed by atoms with van der Waals surface area (Å²) in [7, 11) is 1.49. The lowest BCUT2D eigenvalue weighted by Gasteiger charge is -2.17. The lowest BCUT2D eigenvalue weighted by atomic mass is 9.98. The van der Waals surface area contributed by atoms with Crippen LogP contribution in [0.1, 0.15) is 31.7 Å². The lowest BCUT2D eigenvalue weighted by Crippen LogP contribution is -2.30. The Labute approximate surface area is 158 Å². The van der Waals surface area contributed by atoms with E-state index in [4.69, 9.17) is 21.1 Å². The minimum absolute atomic E-state index is 0.00647. The predicted molar refractivity (Wildman–Crippen MR) is 102 cm³/mol. The van der Waals surface area contributed by atoms with Crippen LogP contribution in [0.15, 0.2) is 48.5 Å². The van der Waals surface area contributed by atoms with Crippen LogP contribution in [0.4, 0.5) is 5.69 Å². The van der Waals surface area contributed by atoms with E-state index < -0.39 is 18.0 Å². The van der Waals surface area contributed by atoms with Gasteiger partial charge in [0.1, 0.15) is 5.75 Å². The summed E-state index contributed by atoms with van der Waals surface area (Å²) in [6.45, 7) is 3.47. The van der Waals surface area contributed by atoms with E-state index in [0.717, 1.165) is 5.56 Å². The van der Waals surface area contributed by atoms with Crippen LogP contribution >= 0.6 is 11.6 Å². The fourth-order valence-electron chi connectivity index (χ4n) is 2.46. The van der Waals surface area contributed by atoms with Crippen molar-refractivity contribution in [1.82, 2.24) is 0 Å². The molecule has 2 rings (SSSR count). The first-order chi connectivity index (χ1) is 12.4. The number of methoxy groups -OCH3 is 1.